The van der Waals surface area contributed by atoms with Crippen molar-refractivity contribution in [3.63, 3.8) is 0 Å². The van der Waals surface area contributed by atoms with Crippen molar-refractivity contribution in [2.45, 2.75) is 32.4 Å². The van der Waals surface area contributed by atoms with E-state index in [1.165, 1.54) is 0 Å². The number of nitrogens with zero attached hydrogens (tertiary/aromatic N) is 2. The number of carboxylic acids is 1. The van der Waals surface area contributed by atoms with Gasteiger partial charge in [-0.15, -0.1) is 0 Å². The number of carbonyl (C=O) groups is 2. The number of aliphatic carboxylic acids is 1. The molecule has 2 amide bonds. The zero-order valence-electron chi connectivity index (χ0n) is 12.7. The molecule has 7 nitrogen and oxygen atoms in total. The molecule has 120 valence electrons. The highest BCUT2D eigenvalue weighted by Crippen LogP contribution is 2.23. The predicted octanol–water partition coefficient (Wildman–Crippen LogP) is 0.639. The Bertz CT molecular complexity index is 390. The number of ether oxygens (including phenoxy) is 2. The van der Waals surface area contributed by atoms with Gasteiger partial charge in [0.05, 0.1) is 38.5 Å². The number of urea groups is 1. The molecule has 1 N–H and O–H groups in total. The van der Waals surface area contributed by atoms with E-state index < -0.39 is 11.9 Å². The molecule has 21 heavy (non-hydrogen) atoms. The molecule has 2 aliphatic heterocycles. The summed E-state index contributed by atoms with van der Waals surface area (Å²) < 4.78 is 10.7. The van der Waals surface area contributed by atoms with Crippen molar-refractivity contribution in [3.8, 4) is 0 Å². The molecule has 0 aromatic rings. The SMILES string of the molecule is CCCN(C(=O)N1CCOCC1C)C1COCC1C(=O)O. The molecular formula is C14H24N2O5. The van der Waals surface area contributed by atoms with E-state index in [9.17, 15) is 14.7 Å². The van der Waals surface area contributed by atoms with E-state index in [2.05, 4.69) is 0 Å². The van der Waals surface area contributed by atoms with Crippen molar-refractivity contribution in [2.75, 3.05) is 39.5 Å². The highest BCUT2D eigenvalue weighted by Gasteiger charge is 2.41. The Morgan fingerprint density at radius 1 is 1.29 bits per heavy atom. The van der Waals surface area contributed by atoms with Crippen LogP contribution in [-0.2, 0) is 14.3 Å². The lowest BCUT2D eigenvalue weighted by Gasteiger charge is -2.39. The molecular weight excluding hydrogens is 276 g/mol. The molecule has 2 saturated heterocycles. The number of morpholine rings is 1. The first-order valence-corrected chi connectivity index (χ1v) is 7.51. The van der Waals surface area contributed by atoms with Crippen molar-refractivity contribution >= 4 is 12.0 Å². The summed E-state index contributed by atoms with van der Waals surface area (Å²) in [6.07, 6.45) is 0.785. The summed E-state index contributed by atoms with van der Waals surface area (Å²) in [5, 5.41) is 9.29. The molecule has 0 saturated carbocycles. The Balaban J connectivity index is 2.13. The van der Waals surface area contributed by atoms with Crippen LogP contribution in [0.25, 0.3) is 0 Å². The minimum Gasteiger partial charge on any atom is -0.481 e. The first-order valence-electron chi connectivity index (χ1n) is 7.51. The van der Waals surface area contributed by atoms with Gasteiger partial charge in [-0.25, -0.2) is 4.79 Å². The van der Waals surface area contributed by atoms with E-state index in [0.29, 0.717) is 32.9 Å². The first-order chi connectivity index (χ1) is 10.1. The van der Waals surface area contributed by atoms with Crippen molar-refractivity contribution in [2.24, 2.45) is 5.92 Å². The quantitative estimate of drug-likeness (QED) is 0.824. The van der Waals surface area contributed by atoms with Gasteiger partial charge in [-0.3, -0.25) is 4.79 Å². The van der Waals surface area contributed by atoms with Crippen molar-refractivity contribution < 1.29 is 24.2 Å². The maximum atomic E-state index is 12.8. The summed E-state index contributed by atoms with van der Waals surface area (Å²) in [4.78, 5) is 27.6. The third-order valence-electron chi connectivity index (χ3n) is 4.09. The summed E-state index contributed by atoms with van der Waals surface area (Å²) in [5.41, 5.74) is 0. The highest BCUT2D eigenvalue weighted by atomic mass is 16.5. The Morgan fingerprint density at radius 2 is 2.05 bits per heavy atom. The fourth-order valence-electron chi connectivity index (χ4n) is 2.91. The van der Waals surface area contributed by atoms with Crippen LogP contribution in [0.15, 0.2) is 0 Å². The molecule has 2 rings (SSSR count). The number of hydrogen-bond acceptors (Lipinski definition) is 4. The summed E-state index contributed by atoms with van der Waals surface area (Å²) in [5.74, 6) is -1.54. The zero-order valence-corrected chi connectivity index (χ0v) is 12.7. The summed E-state index contributed by atoms with van der Waals surface area (Å²) in [6, 6.07) is -0.476. The van der Waals surface area contributed by atoms with Crippen LogP contribution in [0.4, 0.5) is 4.79 Å². The van der Waals surface area contributed by atoms with E-state index in [4.69, 9.17) is 9.47 Å². The molecule has 0 aromatic carbocycles. The van der Waals surface area contributed by atoms with Crippen LogP contribution in [0.3, 0.4) is 0 Å². The van der Waals surface area contributed by atoms with E-state index in [-0.39, 0.29) is 24.7 Å². The van der Waals surface area contributed by atoms with Crippen LogP contribution in [0.5, 0.6) is 0 Å². The van der Waals surface area contributed by atoms with E-state index >= 15 is 0 Å². The Kier molecular flexibility index (Phi) is 5.41. The van der Waals surface area contributed by atoms with Crippen molar-refractivity contribution in [1.29, 1.82) is 0 Å². The van der Waals surface area contributed by atoms with Gasteiger partial charge >= 0.3 is 12.0 Å². The molecule has 0 bridgehead atoms. The topological polar surface area (TPSA) is 79.3 Å². The molecule has 0 spiro atoms. The minimum atomic E-state index is -0.901. The maximum absolute atomic E-state index is 12.8. The summed E-state index contributed by atoms with van der Waals surface area (Å²) in [7, 11) is 0. The fraction of sp³-hybridized carbons (Fsp3) is 0.857. The second-order valence-electron chi connectivity index (χ2n) is 5.64. The van der Waals surface area contributed by atoms with Gasteiger partial charge in [0.15, 0.2) is 0 Å². The van der Waals surface area contributed by atoms with Gasteiger partial charge in [-0.1, -0.05) is 6.92 Å². The van der Waals surface area contributed by atoms with Gasteiger partial charge in [0.25, 0.3) is 0 Å². The molecule has 2 aliphatic rings. The van der Waals surface area contributed by atoms with Gasteiger partial charge in [-0.05, 0) is 13.3 Å². The molecule has 7 heteroatoms. The largest absolute Gasteiger partial charge is 0.481 e. The van der Waals surface area contributed by atoms with Gasteiger partial charge in [0, 0.05) is 13.1 Å². The third-order valence-corrected chi connectivity index (χ3v) is 4.09. The number of amides is 2. The Labute approximate surface area is 124 Å². The van der Waals surface area contributed by atoms with Crippen LogP contribution in [-0.4, -0.2) is 78.5 Å². The molecule has 2 fully saturated rings. The molecule has 0 radical (unpaired) electrons. The molecule has 2 heterocycles. The van der Waals surface area contributed by atoms with Crippen molar-refractivity contribution in [1.82, 2.24) is 9.80 Å². The highest BCUT2D eigenvalue weighted by molar-refractivity contribution is 5.77. The average molecular weight is 300 g/mol. The van der Waals surface area contributed by atoms with Gasteiger partial charge in [0.2, 0.25) is 0 Å². The number of carbonyl (C=O) groups excluding carboxylic acids is 1. The van der Waals surface area contributed by atoms with Crippen molar-refractivity contribution in [3.05, 3.63) is 0 Å². The van der Waals surface area contributed by atoms with Crippen LogP contribution in [0.1, 0.15) is 20.3 Å². The van der Waals surface area contributed by atoms with Gasteiger partial charge in [-0.2, -0.15) is 0 Å². The van der Waals surface area contributed by atoms with E-state index in [1.54, 1.807) is 9.80 Å². The molecule has 3 unspecified atom stereocenters. The summed E-state index contributed by atoms with van der Waals surface area (Å²) >= 11 is 0. The predicted molar refractivity (Wildman–Crippen MR) is 75.1 cm³/mol. The van der Waals surface area contributed by atoms with Crippen LogP contribution < -0.4 is 0 Å². The standard InChI is InChI=1S/C14H24N2O5/c1-3-4-16(12-9-21-8-11(12)13(17)18)14(19)15-5-6-20-7-10(15)2/h10-12H,3-9H2,1-2H3,(H,17,18). The lowest BCUT2D eigenvalue weighted by molar-refractivity contribution is -0.142. The van der Waals surface area contributed by atoms with E-state index in [0.717, 1.165) is 6.42 Å². The lowest BCUT2D eigenvalue weighted by atomic mass is 10.0. The smallest absolute Gasteiger partial charge is 0.320 e. The number of carboxylic acid groups (broad SMARTS) is 1. The van der Waals surface area contributed by atoms with Gasteiger partial charge in [0.1, 0.15) is 5.92 Å². The third kappa shape index (κ3) is 3.47. The second-order valence-corrected chi connectivity index (χ2v) is 5.64. The van der Waals surface area contributed by atoms with E-state index in [1.807, 2.05) is 13.8 Å². The minimum absolute atomic E-state index is 0.0104. The monoisotopic (exact) mass is 300 g/mol. The number of hydrogen-bond donors (Lipinski definition) is 1. The normalized spacial score (nSPS) is 29.4. The average Bonchev–Trinajstić information content (AvgIpc) is 2.94. The van der Waals surface area contributed by atoms with Crippen LogP contribution in [0, 0.1) is 5.92 Å². The molecule has 0 aliphatic carbocycles. The number of rotatable bonds is 4. The van der Waals surface area contributed by atoms with Crippen LogP contribution in [0.2, 0.25) is 0 Å². The zero-order chi connectivity index (χ0) is 15.4. The summed E-state index contributed by atoms with van der Waals surface area (Å²) in [6.45, 7) is 6.53. The second kappa shape index (κ2) is 7.09. The molecule has 0 aromatic heterocycles. The Hall–Kier alpha value is -1.34. The molecule has 3 atom stereocenters. The lowest BCUT2D eigenvalue weighted by Crippen LogP contribution is -2.57. The maximum Gasteiger partial charge on any atom is 0.320 e. The first kappa shape index (κ1) is 16.0. The fourth-order valence-corrected chi connectivity index (χ4v) is 2.91. The van der Waals surface area contributed by atoms with Crippen LogP contribution >= 0.6 is 0 Å². The Morgan fingerprint density at radius 3 is 2.67 bits per heavy atom. The van der Waals surface area contributed by atoms with Gasteiger partial charge < -0.3 is 24.4 Å².